The van der Waals surface area contributed by atoms with E-state index in [4.69, 9.17) is 9.15 Å². The number of amides is 1. The molecule has 1 atom stereocenters. The van der Waals surface area contributed by atoms with E-state index in [1.54, 1.807) is 11.1 Å². The number of aromatic nitrogens is 1. The Kier molecular flexibility index (Phi) is 6.53. The number of aliphatic hydroxyl groups excluding tert-OH is 1. The van der Waals surface area contributed by atoms with E-state index in [-0.39, 0.29) is 18.7 Å². The number of ether oxygens (including phenoxy) is 1. The number of carbonyl (C=O) groups excluding carboxylic acids is 1. The highest BCUT2D eigenvalue weighted by Gasteiger charge is 2.35. The number of piperidine rings is 2. The zero-order chi connectivity index (χ0) is 22.0. The molecule has 2 saturated heterocycles. The second-order valence-corrected chi connectivity index (χ2v) is 9.91. The smallest absolute Gasteiger partial charge is 0.410 e. The van der Waals surface area contributed by atoms with Gasteiger partial charge in [-0.25, -0.2) is 9.78 Å². The van der Waals surface area contributed by atoms with Crippen LogP contribution in [0.4, 0.5) is 4.79 Å². The van der Waals surface area contributed by atoms with E-state index in [9.17, 15) is 9.90 Å². The molecule has 170 valence electrons. The Labute approximate surface area is 184 Å². The minimum Gasteiger partial charge on any atom is -0.446 e. The van der Waals surface area contributed by atoms with E-state index >= 15 is 0 Å². The molecule has 2 aliphatic heterocycles. The monoisotopic (exact) mass is 429 g/mol. The van der Waals surface area contributed by atoms with E-state index < -0.39 is 5.60 Å². The lowest BCUT2D eigenvalue weighted by Gasteiger charge is -2.43. The molecular weight excluding hydrogens is 394 g/mol. The quantitative estimate of drug-likeness (QED) is 0.791. The van der Waals surface area contributed by atoms with Crippen LogP contribution in [0, 0.1) is 5.92 Å². The molecule has 0 aliphatic carbocycles. The summed E-state index contributed by atoms with van der Waals surface area (Å²) in [5.74, 6) is 0.870. The van der Waals surface area contributed by atoms with Gasteiger partial charge in [0.25, 0.3) is 0 Å². The van der Waals surface area contributed by atoms with Gasteiger partial charge >= 0.3 is 6.09 Å². The third kappa shape index (κ3) is 5.04. The van der Waals surface area contributed by atoms with Crippen molar-refractivity contribution in [3.05, 3.63) is 30.2 Å². The molecule has 0 aromatic carbocycles. The fourth-order valence-electron chi connectivity index (χ4n) is 5.10. The molecule has 2 aromatic heterocycles. The molecule has 2 aliphatic rings. The lowest BCUT2D eigenvalue weighted by Crippen LogP contribution is -2.51. The van der Waals surface area contributed by atoms with Gasteiger partial charge in [0.2, 0.25) is 5.71 Å². The van der Waals surface area contributed by atoms with Gasteiger partial charge in [-0.1, -0.05) is 0 Å². The van der Waals surface area contributed by atoms with E-state index in [0.717, 1.165) is 44.2 Å². The molecule has 4 heterocycles. The molecule has 1 unspecified atom stereocenters. The predicted octanol–water partition coefficient (Wildman–Crippen LogP) is 4.02. The normalized spacial score (nSPS) is 20.8. The summed E-state index contributed by atoms with van der Waals surface area (Å²) in [5, 5.41) is 11.3. The molecule has 0 bridgehead atoms. The van der Waals surface area contributed by atoms with Crippen LogP contribution in [-0.2, 0) is 4.74 Å². The first-order valence-corrected chi connectivity index (χ1v) is 11.5. The Morgan fingerprint density at radius 3 is 2.58 bits per heavy atom. The Hall–Kier alpha value is -2.12. The molecule has 2 aromatic rings. The fraction of sp³-hybridized carbons (Fsp3) is 0.667. The maximum absolute atomic E-state index is 12.3. The molecule has 2 fully saturated rings. The average molecular weight is 430 g/mol. The third-order valence-electron chi connectivity index (χ3n) is 6.74. The number of carbonyl (C=O) groups is 1. The van der Waals surface area contributed by atoms with E-state index in [1.165, 1.54) is 5.56 Å². The molecule has 0 saturated carbocycles. The molecule has 0 radical (unpaired) electrons. The molecular formula is C24H35N3O4. The summed E-state index contributed by atoms with van der Waals surface area (Å²) >= 11 is 0. The van der Waals surface area contributed by atoms with Gasteiger partial charge < -0.3 is 19.2 Å². The van der Waals surface area contributed by atoms with Gasteiger partial charge in [-0.2, -0.15) is 0 Å². The van der Waals surface area contributed by atoms with Crippen LogP contribution in [0.5, 0.6) is 0 Å². The standard InChI is InChI=1S/C24H35N3O4/c1-24(2,3)31-23(29)27-13-8-18(9-14-27)21(15-28)26-11-6-17(7-12-26)20-16-30-22-19(20)5-4-10-25-22/h4-5,10,16-18,21,28H,6-9,11-15H2,1-3H3. The molecule has 7 nitrogen and oxygen atoms in total. The molecule has 1 amide bonds. The number of pyridine rings is 1. The Morgan fingerprint density at radius 2 is 1.94 bits per heavy atom. The van der Waals surface area contributed by atoms with Gasteiger partial charge in [-0.05, 0) is 83.5 Å². The van der Waals surface area contributed by atoms with Crippen LogP contribution in [0.15, 0.2) is 29.0 Å². The van der Waals surface area contributed by atoms with Crippen LogP contribution in [0.1, 0.15) is 57.9 Å². The zero-order valence-electron chi connectivity index (χ0n) is 18.9. The van der Waals surface area contributed by atoms with Crippen molar-refractivity contribution in [2.24, 2.45) is 5.92 Å². The summed E-state index contributed by atoms with van der Waals surface area (Å²) in [7, 11) is 0. The van der Waals surface area contributed by atoms with E-state index in [0.29, 0.717) is 30.6 Å². The number of fused-ring (bicyclic) bond motifs is 1. The second kappa shape index (κ2) is 9.17. The van der Waals surface area contributed by atoms with Crippen molar-refractivity contribution >= 4 is 17.2 Å². The number of hydrogen-bond acceptors (Lipinski definition) is 6. The van der Waals surface area contributed by atoms with Gasteiger partial charge in [-0.3, -0.25) is 4.90 Å². The van der Waals surface area contributed by atoms with Crippen LogP contribution in [0.2, 0.25) is 0 Å². The summed E-state index contributed by atoms with van der Waals surface area (Å²) in [5.41, 5.74) is 1.50. The number of likely N-dealkylation sites (tertiary alicyclic amines) is 2. The van der Waals surface area contributed by atoms with Crippen LogP contribution < -0.4 is 0 Å². The van der Waals surface area contributed by atoms with E-state index in [1.807, 2.05) is 33.1 Å². The third-order valence-corrected chi connectivity index (χ3v) is 6.74. The van der Waals surface area contributed by atoms with Gasteiger partial charge in [0.05, 0.1) is 12.9 Å². The summed E-state index contributed by atoms with van der Waals surface area (Å²) in [6.07, 6.45) is 7.32. The van der Waals surface area contributed by atoms with Gasteiger partial charge in [0.1, 0.15) is 5.60 Å². The molecule has 1 N–H and O–H groups in total. The fourth-order valence-corrected chi connectivity index (χ4v) is 5.10. The summed E-state index contributed by atoms with van der Waals surface area (Å²) in [6.45, 7) is 9.18. The second-order valence-electron chi connectivity index (χ2n) is 9.91. The first-order chi connectivity index (χ1) is 14.9. The van der Waals surface area contributed by atoms with Crippen molar-refractivity contribution in [1.82, 2.24) is 14.8 Å². The number of nitrogens with zero attached hydrogens (tertiary/aromatic N) is 3. The zero-order valence-corrected chi connectivity index (χ0v) is 18.9. The first-order valence-electron chi connectivity index (χ1n) is 11.5. The topological polar surface area (TPSA) is 79.0 Å². The summed E-state index contributed by atoms with van der Waals surface area (Å²) < 4.78 is 11.2. The minimum atomic E-state index is -0.470. The van der Waals surface area contributed by atoms with Crippen molar-refractivity contribution in [2.45, 2.75) is 64.0 Å². The van der Waals surface area contributed by atoms with Crippen LogP contribution in [-0.4, -0.2) is 70.4 Å². The predicted molar refractivity (Wildman–Crippen MR) is 119 cm³/mol. The average Bonchev–Trinajstić information content (AvgIpc) is 3.18. The molecule has 4 rings (SSSR count). The van der Waals surface area contributed by atoms with Crippen molar-refractivity contribution in [3.8, 4) is 0 Å². The van der Waals surface area contributed by atoms with Crippen molar-refractivity contribution < 1.29 is 19.1 Å². The largest absolute Gasteiger partial charge is 0.446 e. The number of hydrogen-bond donors (Lipinski definition) is 1. The SMILES string of the molecule is CC(C)(C)OC(=O)N1CCC(C(CO)N2CCC(c3coc4ncccc34)CC2)CC1. The van der Waals surface area contributed by atoms with Crippen LogP contribution in [0.25, 0.3) is 11.1 Å². The first kappa shape index (κ1) is 22.1. The Bertz CT molecular complexity index is 874. The molecule has 0 spiro atoms. The van der Waals surface area contributed by atoms with Crippen molar-refractivity contribution in [3.63, 3.8) is 0 Å². The van der Waals surface area contributed by atoms with E-state index in [2.05, 4.69) is 16.0 Å². The van der Waals surface area contributed by atoms with Gasteiger partial charge in [0, 0.05) is 36.3 Å². The highest BCUT2D eigenvalue weighted by Crippen LogP contribution is 2.35. The van der Waals surface area contributed by atoms with Gasteiger partial charge in [0.15, 0.2) is 0 Å². The highest BCUT2D eigenvalue weighted by atomic mass is 16.6. The van der Waals surface area contributed by atoms with Crippen LogP contribution in [0.3, 0.4) is 0 Å². The number of furan rings is 1. The molecule has 31 heavy (non-hydrogen) atoms. The summed E-state index contributed by atoms with van der Waals surface area (Å²) in [4.78, 5) is 20.9. The lowest BCUT2D eigenvalue weighted by molar-refractivity contribution is 0.00467. The minimum absolute atomic E-state index is 0.157. The Morgan fingerprint density at radius 1 is 1.23 bits per heavy atom. The molecule has 7 heteroatoms. The summed E-state index contributed by atoms with van der Waals surface area (Å²) in [6, 6.07) is 4.20. The van der Waals surface area contributed by atoms with Crippen molar-refractivity contribution in [1.29, 1.82) is 0 Å². The van der Waals surface area contributed by atoms with Crippen molar-refractivity contribution in [2.75, 3.05) is 32.8 Å². The maximum Gasteiger partial charge on any atom is 0.410 e. The lowest BCUT2D eigenvalue weighted by atomic mass is 9.85. The number of rotatable bonds is 4. The number of aliphatic hydroxyl groups is 1. The maximum atomic E-state index is 12.3. The highest BCUT2D eigenvalue weighted by molar-refractivity contribution is 5.78. The Balaban J connectivity index is 1.31. The van der Waals surface area contributed by atoms with Gasteiger partial charge in [-0.15, -0.1) is 0 Å². The van der Waals surface area contributed by atoms with Crippen LogP contribution >= 0.6 is 0 Å².